The largest absolute Gasteiger partial charge is 0.346 e. The van der Waals surface area contributed by atoms with Crippen LogP contribution in [0.5, 0.6) is 0 Å². The van der Waals surface area contributed by atoms with Gasteiger partial charge >= 0.3 is 0 Å². The minimum absolute atomic E-state index is 0.229. The predicted molar refractivity (Wildman–Crippen MR) is 93.2 cm³/mol. The molecule has 3 aromatic rings. The lowest BCUT2D eigenvalue weighted by Gasteiger charge is -2.29. The van der Waals surface area contributed by atoms with Gasteiger partial charge in [0.2, 0.25) is 10.0 Å². The van der Waals surface area contributed by atoms with Gasteiger partial charge in [-0.15, -0.1) is 0 Å². The molecule has 0 aromatic carbocycles. The number of aromatic nitrogens is 4. The van der Waals surface area contributed by atoms with Crippen LogP contribution in [0.1, 0.15) is 31.7 Å². The highest BCUT2D eigenvalue weighted by molar-refractivity contribution is 7.89. The zero-order valence-corrected chi connectivity index (χ0v) is 14.4. The maximum atomic E-state index is 11.7. The minimum atomic E-state index is -3.13. The van der Waals surface area contributed by atoms with Crippen molar-refractivity contribution in [3.05, 3.63) is 24.8 Å². The number of sulfonamides is 1. The van der Waals surface area contributed by atoms with Crippen molar-refractivity contribution in [2.24, 2.45) is 5.92 Å². The molecule has 2 N–H and O–H groups in total. The van der Waals surface area contributed by atoms with E-state index >= 15 is 0 Å². The lowest BCUT2D eigenvalue weighted by molar-refractivity contribution is 0.294. The first-order chi connectivity index (χ1) is 11.6. The maximum absolute atomic E-state index is 11.7. The number of imidazole rings is 1. The van der Waals surface area contributed by atoms with E-state index in [1.54, 1.807) is 6.20 Å². The summed E-state index contributed by atoms with van der Waals surface area (Å²) < 4.78 is 28.1. The topological polar surface area (TPSA) is 92.7 Å². The number of hydrogen-bond acceptors (Lipinski definition) is 4. The monoisotopic (exact) mass is 347 g/mol. The summed E-state index contributed by atoms with van der Waals surface area (Å²) in [6.45, 7) is 0. The van der Waals surface area contributed by atoms with Crippen LogP contribution in [0, 0.1) is 5.92 Å². The van der Waals surface area contributed by atoms with E-state index in [-0.39, 0.29) is 11.7 Å². The smallest absolute Gasteiger partial charge is 0.211 e. The minimum Gasteiger partial charge on any atom is -0.346 e. The highest BCUT2D eigenvalue weighted by atomic mass is 32.2. The zero-order valence-electron chi connectivity index (χ0n) is 13.6. The van der Waals surface area contributed by atoms with Crippen molar-refractivity contribution in [1.29, 1.82) is 0 Å². The quantitative estimate of drug-likeness (QED) is 0.757. The summed E-state index contributed by atoms with van der Waals surface area (Å²) in [6.07, 6.45) is 9.39. The molecular formula is C16H21N5O2S. The fourth-order valence-corrected chi connectivity index (χ4v) is 4.91. The Hall–Kier alpha value is -1.93. The summed E-state index contributed by atoms with van der Waals surface area (Å²) in [6, 6.07) is 2.40. The number of nitrogens with one attached hydrogen (secondary N) is 2. The lowest BCUT2D eigenvalue weighted by atomic mass is 9.87. The summed E-state index contributed by atoms with van der Waals surface area (Å²) in [5.41, 5.74) is 2.90. The van der Waals surface area contributed by atoms with Crippen LogP contribution in [0.25, 0.3) is 22.1 Å². The van der Waals surface area contributed by atoms with Crippen LogP contribution < -0.4 is 4.72 Å². The second-order valence-electron chi connectivity index (χ2n) is 6.54. The first-order valence-corrected chi connectivity index (χ1v) is 9.92. The SMILES string of the molecule is CNS(=O)(=O)CC1CCC(n2cnc3cnc4[nH]ccc4c32)CC1. The van der Waals surface area contributed by atoms with Gasteiger partial charge in [0.15, 0.2) is 0 Å². The molecule has 3 aromatic heterocycles. The van der Waals surface area contributed by atoms with E-state index < -0.39 is 10.0 Å². The van der Waals surface area contributed by atoms with Crippen molar-refractivity contribution < 1.29 is 8.42 Å². The number of fused-ring (bicyclic) bond motifs is 3. The Balaban J connectivity index is 1.58. The average Bonchev–Trinajstić information content (AvgIpc) is 3.21. The van der Waals surface area contributed by atoms with E-state index in [0.717, 1.165) is 47.8 Å². The van der Waals surface area contributed by atoms with E-state index in [2.05, 4.69) is 24.2 Å². The van der Waals surface area contributed by atoms with Crippen molar-refractivity contribution in [2.45, 2.75) is 31.7 Å². The van der Waals surface area contributed by atoms with Crippen molar-refractivity contribution >= 4 is 32.1 Å². The molecule has 1 saturated carbocycles. The van der Waals surface area contributed by atoms with Gasteiger partial charge in [-0.2, -0.15) is 0 Å². The molecular weight excluding hydrogens is 326 g/mol. The summed E-state index contributed by atoms with van der Waals surface area (Å²) in [5.74, 6) is 0.467. The molecule has 1 aliphatic rings. The summed E-state index contributed by atoms with van der Waals surface area (Å²) >= 11 is 0. The number of nitrogens with zero attached hydrogens (tertiary/aromatic N) is 3. The molecule has 0 spiro atoms. The third kappa shape index (κ3) is 2.69. The van der Waals surface area contributed by atoms with Gasteiger partial charge in [0.05, 0.1) is 23.8 Å². The van der Waals surface area contributed by atoms with Crippen LogP contribution in [0.2, 0.25) is 0 Å². The van der Waals surface area contributed by atoms with Crippen molar-refractivity contribution in [3.63, 3.8) is 0 Å². The first kappa shape index (κ1) is 15.6. The summed E-state index contributed by atoms with van der Waals surface area (Å²) in [5, 5.41) is 1.09. The number of aromatic amines is 1. The molecule has 1 fully saturated rings. The van der Waals surface area contributed by atoms with Crippen LogP contribution in [0.4, 0.5) is 0 Å². The molecule has 0 atom stereocenters. The molecule has 0 amide bonds. The Kier molecular flexibility index (Phi) is 3.80. The lowest BCUT2D eigenvalue weighted by Crippen LogP contribution is -2.29. The molecule has 0 saturated heterocycles. The fourth-order valence-electron chi connectivity index (χ4n) is 3.79. The standard InChI is InChI=1S/C16H21N5O2S/c1-17-24(22,23)9-11-2-4-12(5-3-11)21-10-20-14-8-19-16-13(15(14)21)6-7-18-16/h6-8,10-12,17H,2-5,9H2,1H3,(H,18,19). The molecule has 0 bridgehead atoms. The van der Waals surface area contributed by atoms with Crippen LogP contribution in [0.15, 0.2) is 24.8 Å². The van der Waals surface area contributed by atoms with Crippen LogP contribution >= 0.6 is 0 Å². The number of H-pyrrole nitrogens is 1. The van der Waals surface area contributed by atoms with E-state index in [1.807, 2.05) is 18.6 Å². The molecule has 24 heavy (non-hydrogen) atoms. The summed E-state index contributed by atoms with van der Waals surface area (Å²) in [7, 11) is -1.65. The van der Waals surface area contributed by atoms with Crippen LogP contribution in [-0.2, 0) is 10.0 Å². The molecule has 8 heteroatoms. The normalized spacial score (nSPS) is 22.4. The van der Waals surface area contributed by atoms with Gasteiger partial charge in [-0.25, -0.2) is 23.1 Å². The van der Waals surface area contributed by atoms with Gasteiger partial charge in [-0.1, -0.05) is 0 Å². The van der Waals surface area contributed by atoms with E-state index in [9.17, 15) is 8.42 Å². The van der Waals surface area contributed by atoms with Gasteiger partial charge in [-0.05, 0) is 44.7 Å². The molecule has 4 rings (SSSR count). The van der Waals surface area contributed by atoms with Gasteiger partial charge < -0.3 is 9.55 Å². The second-order valence-corrected chi connectivity index (χ2v) is 8.52. The third-order valence-electron chi connectivity index (χ3n) is 5.09. The number of rotatable bonds is 4. The Morgan fingerprint density at radius 3 is 2.83 bits per heavy atom. The van der Waals surface area contributed by atoms with Gasteiger partial charge in [0.25, 0.3) is 0 Å². The predicted octanol–water partition coefficient (Wildman–Crippen LogP) is 2.19. The Morgan fingerprint density at radius 1 is 1.29 bits per heavy atom. The first-order valence-electron chi connectivity index (χ1n) is 8.27. The molecule has 0 radical (unpaired) electrons. The fraction of sp³-hybridized carbons (Fsp3) is 0.500. The third-order valence-corrected chi connectivity index (χ3v) is 6.63. The number of pyridine rings is 1. The van der Waals surface area contributed by atoms with Crippen LogP contribution in [0.3, 0.4) is 0 Å². The highest BCUT2D eigenvalue weighted by Gasteiger charge is 2.27. The Bertz CT molecular complexity index is 967. The maximum Gasteiger partial charge on any atom is 0.211 e. The van der Waals surface area contributed by atoms with Crippen LogP contribution in [-0.4, -0.2) is 40.7 Å². The molecule has 7 nitrogen and oxygen atoms in total. The van der Waals surface area contributed by atoms with Gasteiger partial charge in [-0.3, -0.25) is 0 Å². The summed E-state index contributed by atoms with van der Waals surface area (Å²) in [4.78, 5) is 12.0. The highest BCUT2D eigenvalue weighted by Crippen LogP contribution is 2.35. The van der Waals surface area contributed by atoms with E-state index in [1.165, 1.54) is 7.05 Å². The average molecular weight is 347 g/mol. The molecule has 0 unspecified atom stereocenters. The van der Waals surface area contributed by atoms with E-state index in [0.29, 0.717) is 6.04 Å². The van der Waals surface area contributed by atoms with Gasteiger partial charge in [0, 0.05) is 17.6 Å². The van der Waals surface area contributed by atoms with Crippen molar-refractivity contribution in [2.75, 3.05) is 12.8 Å². The van der Waals surface area contributed by atoms with E-state index in [4.69, 9.17) is 0 Å². The Labute approximate surface area is 140 Å². The molecule has 0 aliphatic heterocycles. The van der Waals surface area contributed by atoms with Crippen molar-refractivity contribution in [3.8, 4) is 0 Å². The Morgan fingerprint density at radius 2 is 2.08 bits per heavy atom. The number of hydrogen-bond donors (Lipinski definition) is 2. The zero-order chi connectivity index (χ0) is 16.7. The van der Waals surface area contributed by atoms with Crippen molar-refractivity contribution in [1.82, 2.24) is 24.2 Å². The second kappa shape index (κ2) is 5.86. The molecule has 1 aliphatic carbocycles. The molecule has 128 valence electrons. The van der Waals surface area contributed by atoms with Gasteiger partial charge in [0.1, 0.15) is 11.2 Å². The molecule has 3 heterocycles.